The fraction of sp³-hybridized carbons (Fsp3) is 0.294. The molecule has 0 spiro atoms. The van der Waals surface area contributed by atoms with Crippen molar-refractivity contribution in [2.24, 2.45) is 0 Å². The molecule has 2 aromatic rings. The van der Waals surface area contributed by atoms with E-state index in [1.54, 1.807) is 39.8 Å². The lowest BCUT2D eigenvalue weighted by atomic mass is 10.1. The van der Waals surface area contributed by atoms with Crippen LogP contribution in [0.4, 0.5) is 0 Å². The molecule has 0 heterocycles. The number of hydrogen-bond acceptors (Lipinski definition) is 4. The van der Waals surface area contributed by atoms with E-state index < -0.39 is 9.84 Å². The van der Waals surface area contributed by atoms with Crippen molar-refractivity contribution < 1.29 is 18.6 Å². The Hall–Kier alpha value is -2.01. The van der Waals surface area contributed by atoms with E-state index in [4.69, 9.17) is 0 Å². The highest BCUT2D eigenvalue weighted by atomic mass is 32.2. The zero-order valence-corrected chi connectivity index (χ0v) is 14.2. The van der Waals surface area contributed by atoms with Crippen LogP contribution in [0.2, 0.25) is 0 Å². The van der Waals surface area contributed by atoms with Gasteiger partial charge in [0.1, 0.15) is 16.4 Å². The number of benzene rings is 2. The smallest absolute Gasteiger partial charge is 0.211 e. The average molecular weight is 320 g/mol. The monoisotopic (exact) mass is 320 g/mol. The van der Waals surface area contributed by atoms with E-state index >= 15 is 0 Å². The Labute approximate surface area is 131 Å². The molecule has 0 bridgehead atoms. The van der Waals surface area contributed by atoms with Gasteiger partial charge in [-0.3, -0.25) is 0 Å². The lowest BCUT2D eigenvalue weighted by molar-refractivity contribution is 0.452. The van der Waals surface area contributed by atoms with E-state index in [-0.39, 0.29) is 26.9 Å². The van der Waals surface area contributed by atoms with Gasteiger partial charge in [0.25, 0.3) is 0 Å². The molecule has 0 atom stereocenters. The largest absolute Gasteiger partial charge is 0.508 e. The van der Waals surface area contributed by atoms with Crippen molar-refractivity contribution in [3.8, 4) is 11.5 Å². The van der Waals surface area contributed by atoms with Gasteiger partial charge in [0.15, 0.2) is 0 Å². The third-order valence-electron chi connectivity index (χ3n) is 4.07. The minimum Gasteiger partial charge on any atom is -0.508 e. The minimum absolute atomic E-state index is 0.0518. The molecule has 0 fully saturated rings. The van der Waals surface area contributed by atoms with E-state index in [1.165, 1.54) is 6.07 Å². The van der Waals surface area contributed by atoms with Crippen molar-refractivity contribution >= 4 is 9.84 Å². The van der Waals surface area contributed by atoms with Crippen molar-refractivity contribution in [1.29, 1.82) is 0 Å². The summed E-state index contributed by atoms with van der Waals surface area (Å²) in [6, 6.07) is 4.79. The molecule has 118 valence electrons. The molecular formula is C17H20O4S. The van der Waals surface area contributed by atoms with Crippen LogP contribution in [0.1, 0.15) is 27.8 Å². The summed E-state index contributed by atoms with van der Waals surface area (Å²) < 4.78 is 26.2. The molecule has 0 amide bonds. The number of phenols is 2. The second kappa shape index (κ2) is 5.32. The third kappa shape index (κ3) is 2.35. The molecule has 22 heavy (non-hydrogen) atoms. The van der Waals surface area contributed by atoms with Crippen LogP contribution in [0.15, 0.2) is 28.0 Å². The Morgan fingerprint density at radius 2 is 1.36 bits per heavy atom. The van der Waals surface area contributed by atoms with Gasteiger partial charge < -0.3 is 10.2 Å². The highest BCUT2D eigenvalue weighted by Gasteiger charge is 2.29. The van der Waals surface area contributed by atoms with Gasteiger partial charge in [-0.1, -0.05) is 12.1 Å². The number of rotatable bonds is 2. The summed E-state index contributed by atoms with van der Waals surface area (Å²) in [6.45, 7) is 8.39. The second-order valence-corrected chi connectivity index (χ2v) is 7.50. The van der Waals surface area contributed by atoms with Crippen molar-refractivity contribution in [3.05, 3.63) is 46.0 Å². The van der Waals surface area contributed by atoms with Crippen LogP contribution in [-0.4, -0.2) is 18.6 Å². The van der Waals surface area contributed by atoms with Crippen LogP contribution in [-0.2, 0) is 9.84 Å². The van der Waals surface area contributed by atoms with E-state index in [1.807, 2.05) is 6.92 Å². The lowest BCUT2D eigenvalue weighted by Crippen LogP contribution is -2.10. The van der Waals surface area contributed by atoms with Crippen LogP contribution in [0, 0.1) is 34.6 Å². The Morgan fingerprint density at radius 1 is 0.773 bits per heavy atom. The number of aromatic hydroxyl groups is 2. The minimum atomic E-state index is -3.94. The number of hydrogen-bond donors (Lipinski definition) is 2. The summed E-state index contributed by atoms with van der Waals surface area (Å²) in [7, 11) is -3.94. The van der Waals surface area contributed by atoms with Gasteiger partial charge in [-0.2, -0.15) is 0 Å². The summed E-state index contributed by atoms with van der Waals surface area (Å²) in [6.07, 6.45) is 0. The fourth-order valence-corrected chi connectivity index (χ4v) is 4.88. The van der Waals surface area contributed by atoms with Gasteiger partial charge in [0.2, 0.25) is 9.84 Å². The maximum atomic E-state index is 13.1. The number of phenolic OH excluding ortho intramolecular Hbond substituents is 2. The first-order valence-corrected chi connectivity index (χ1v) is 8.41. The standard InChI is InChI=1S/C17H20O4S/c1-9-6-7-14(18)13(5)16(9)22(20,21)17-12(4)10(2)8-11(3)15(17)19/h6-8,18-19H,1-5H3. The molecule has 2 aromatic carbocycles. The Morgan fingerprint density at radius 3 is 1.95 bits per heavy atom. The maximum Gasteiger partial charge on any atom is 0.211 e. The molecule has 0 unspecified atom stereocenters. The van der Waals surface area contributed by atoms with Gasteiger partial charge in [0, 0.05) is 5.56 Å². The molecule has 2 N–H and O–H groups in total. The lowest BCUT2D eigenvalue weighted by Gasteiger charge is -2.17. The van der Waals surface area contributed by atoms with Gasteiger partial charge in [-0.05, 0) is 62.9 Å². The van der Waals surface area contributed by atoms with Gasteiger partial charge >= 0.3 is 0 Å². The van der Waals surface area contributed by atoms with Crippen LogP contribution in [0.25, 0.3) is 0 Å². The number of aryl methyl sites for hydroxylation is 3. The topological polar surface area (TPSA) is 74.6 Å². The number of sulfone groups is 1. The SMILES string of the molecule is Cc1cc(C)c(O)c(S(=O)(=O)c2c(C)ccc(O)c2C)c1C. The summed E-state index contributed by atoms with van der Waals surface area (Å²) in [4.78, 5) is -0.0299. The fourth-order valence-electron chi connectivity index (χ4n) is 2.70. The van der Waals surface area contributed by atoms with Crippen molar-refractivity contribution in [2.75, 3.05) is 0 Å². The zero-order valence-electron chi connectivity index (χ0n) is 13.4. The Bertz CT molecular complexity index is 839. The summed E-state index contributed by atoms with van der Waals surface area (Å²) in [5, 5.41) is 20.2. The molecule has 0 aliphatic carbocycles. The maximum absolute atomic E-state index is 13.1. The van der Waals surface area contributed by atoms with Crippen LogP contribution < -0.4 is 0 Å². The normalized spacial score (nSPS) is 11.7. The average Bonchev–Trinajstić information content (AvgIpc) is 2.41. The predicted molar refractivity (Wildman–Crippen MR) is 85.4 cm³/mol. The van der Waals surface area contributed by atoms with Gasteiger partial charge in [0.05, 0.1) is 4.90 Å². The quantitative estimate of drug-likeness (QED) is 0.888. The van der Waals surface area contributed by atoms with E-state index in [0.717, 1.165) is 5.56 Å². The molecule has 0 saturated heterocycles. The molecule has 5 heteroatoms. The molecular weight excluding hydrogens is 300 g/mol. The molecule has 0 saturated carbocycles. The van der Waals surface area contributed by atoms with E-state index in [9.17, 15) is 18.6 Å². The van der Waals surface area contributed by atoms with Gasteiger partial charge in [-0.15, -0.1) is 0 Å². The van der Waals surface area contributed by atoms with Crippen molar-refractivity contribution in [3.63, 3.8) is 0 Å². The van der Waals surface area contributed by atoms with Crippen LogP contribution in [0.3, 0.4) is 0 Å². The first-order valence-electron chi connectivity index (χ1n) is 6.93. The van der Waals surface area contributed by atoms with Crippen molar-refractivity contribution in [1.82, 2.24) is 0 Å². The summed E-state index contributed by atoms with van der Waals surface area (Å²) >= 11 is 0. The zero-order chi connectivity index (χ0) is 16.8. The molecule has 4 nitrogen and oxygen atoms in total. The molecule has 0 radical (unpaired) electrons. The molecule has 0 aromatic heterocycles. The predicted octanol–water partition coefficient (Wildman–Crippen LogP) is 3.47. The first-order chi connectivity index (χ1) is 10.1. The van der Waals surface area contributed by atoms with Gasteiger partial charge in [-0.25, -0.2) is 8.42 Å². The highest BCUT2D eigenvalue weighted by molar-refractivity contribution is 7.91. The van der Waals surface area contributed by atoms with E-state index in [2.05, 4.69) is 0 Å². The first kappa shape index (κ1) is 16.4. The molecule has 0 aliphatic rings. The third-order valence-corrected chi connectivity index (χ3v) is 6.27. The Balaban J connectivity index is 2.93. The summed E-state index contributed by atoms with van der Waals surface area (Å²) in [5.41, 5.74) is 2.65. The Kier molecular flexibility index (Phi) is 3.96. The van der Waals surface area contributed by atoms with Crippen LogP contribution >= 0.6 is 0 Å². The van der Waals surface area contributed by atoms with Crippen molar-refractivity contribution in [2.45, 2.75) is 44.4 Å². The second-order valence-electron chi connectivity index (χ2n) is 5.67. The molecule has 2 rings (SSSR count). The summed E-state index contributed by atoms with van der Waals surface area (Å²) in [5.74, 6) is -0.309. The molecule has 0 aliphatic heterocycles. The van der Waals surface area contributed by atoms with E-state index in [0.29, 0.717) is 16.7 Å². The van der Waals surface area contributed by atoms with Crippen LogP contribution in [0.5, 0.6) is 11.5 Å². The highest BCUT2D eigenvalue weighted by Crippen LogP contribution is 2.39.